The first-order valence-corrected chi connectivity index (χ1v) is 11.3. The van der Waals surface area contributed by atoms with Gasteiger partial charge in [0.05, 0.1) is 0 Å². The Balaban J connectivity index is 1.57. The fourth-order valence-electron chi connectivity index (χ4n) is 3.21. The Hall–Kier alpha value is -3.92. The molecular weight excluding hydrogens is 440 g/mol. The van der Waals surface area contributed by atoms with Gasteiger partial charge >= 0.3 is 0 Å². The molecular formula is C23H22N6O3S. The van der Waals surface area contributed by atoms with Crippen LogP contribution in [0, 0.1) is 6.92 Å². The first kappa shape index (κ1) is 22.3. The third-order valence-corrected chi connectivity index (χ3v) is 5.62. The van der Waals surface area contributed by atoms with E-state index < -0.39 is 0 Å². The Morgan fingerprint density at radius 3 is 2.64 bits per heavy atom. The van der Waals surface area contributed by atoms with Crippen LogP contribution < -0.4 is 11.1 Å². The highest BCUT2D eigenvalue weighted by molar-refractivity contribution is 7.98. The fraction of sp³-hybridized carbons (Fsp3) is 0.174. The van der Waals surface area contributed by atoms with Crippen LogP contribution in [0.2, 0.25) is 0 Å². The molecule has 33 heavy (non-hydrogen) atoms. The number of ketones is 1. The molecule has 0 radical (unpaired) electrons. The summed E-state index contributed by atoms with van der Waals surface area (Å²) in [4.78, 5) is 28.7. The topological polar surface area (TPSA) is 129 Å². The number of thioether (sulfide) groups is 1. The van der Waals surface area contributed by atoms with Crippen molar-refractivity contribution in [3.8, 4) is 22.8 Å². The second-order valence-electron chi connectivity index (χ2n) is 7.40. The summed E-state index contributed by atoms with van der Waals surface area (Å²) in [6.45, 7) is 3.35. The normalized spacial score (nSPS) is 10.9. The molecule has 0 unspecified atom stereocenters. The Kier molecular flexibility index (Phi) is 6.27. The molecule has 168 valence electrons. The molecule has 0 bridgehead atoms. The van der Waals surface area contributed by atoms with Crippen LogP contribution in [0.5, 0.6) is 0 Å². The number of nitrogens with two attached hydrogens (primary N) is 1. The molecule has 0 aliphatic carbocycles. The van der Waals surface area contributed by atoms with Crippen LogP contribution >= 0.6 is 11.8 Å². The van der Waals surface area contributed by atoms with Gasteiger partial charge in [0, 0.05) is 16.8 Å². The van der Waals surface area contributed by atoms with E-state index in [9.17, 15) is 9.59 Å². The second kappa shape index (κ2) is 9.29. The van der Waals surface area contributed by atoms with E-state index in [0.29, 0.717) is 27.7 Å². The number of hydrogen-bond acceptors (Lipinski definition) is 8. The first-order valence-electron chi connectivity index (χ1n) is 10.1. The van der Waals surface area contributed by atoms with E-state index in [2.05, 4.69) is 20.6 Å². The van der Waals surface area contributed by atoms with Crippen molar-refractivity contribution in [2.45, 2.75) is 25.4 Å². The summed E-state index contributed by atoms with van der Waals surface area (Å²) in [7, 11) is 0. The van der Waals surface area contributed by atoms with Gasteiger partial charge in [-0.3, -0.25) is 9.59 Å². The third-order valence-electron chi connectivity index (χ3n) is 4.95. The van der Waals surface area contributed by atoms with E-state index in [-0.39, 0.29) is 29.9 Å². The second-order valence-corrected chi connectivity index (χ2v) is 8.20. The Morgan fingerprint density at radius 2 is 1.94 bits per heavy atom. The van der Waals surface area contributed by atoms with E-state index in [0.717, 1.165) is 11.1 Å². The zero-order valence-electron chi connectivity index (χ0n) is 18.3. The molecule has 10 heteroatoms. The van der Waals surface area contributed by atoms with E-state index in [1.54, 1.807) is 24.3 Å². The van der Waals surface area contributed by atoms with Gasteiger partial charge in [-0.2, -0.15) is 10.1 Å². The lowest BCUT2D eigenvalue weighted by Gasteiger charge is -2.07. The smallest absolute Gasteiger partial charge is 0.264 e. The minimum Gasteiger partial charge on any atom is -0.383 e. The largest absolute Gasteiger partial charge is 0.383 e. The van der Waals surface area contributed by atoms with Crippen molar-refractivity contribution in [3.05, 3.63) is 59.7 Å². The van der Waals surface area contributed by atoms with E-state index in [1.807, 2.05) is 37.4 Å². The van der Waals surface area contributed by atoms with E-state index in [1.165, 1.54) is 23.4 Å². The monoisotopic (exact) mass is 462 g/mol. The number of aryl methyl sites for hydroxylation is 1. The minimum absolute atomic E-state index is 0.0822. The SMILES string of the molecule is CSc1nn(CC(=O)Nc2cccc(C(C)=O)c2)c(N)c1-c1nc(-c2ccc(C)cc2)no1. The van der Waals surface area contributed by atoms with Crippen molar-refractivity contribution in [1.82, 2.24) is 19.9 Å². The predicted molar refractivity (Wildman–Crippen MR) is 127 cm³/mol. The van der Waals surface area contributed by atoms with Crippen molar-refractivity contribution in [3.63, 3.8) is 0 Å². The van der Waals surface area contributed by atoms with Gasteiger partial charge in [0.1, 0.15) is 23.0 Å². The van der Waals surface area contributed by atoms with Gasteiger partial charge < -0.3 is 15.6 Å². The number of aromatic nitrogens is 4. The zero-order chi connectivity index (χ0) is 23.5. The third kappa shape index (κ3) is 4.80. The Morgan fingerprint density at radius 1 is 1.18 bits per heavy atom. The first-order chi connectivity index (χ1) is 15.9. The van der Waals surface area contributed by atoms with E-state index >= 15 is 0 Å². The molecule has 0 saturated carbocycles. The summed E-state index contributed by atoms with van der Waals surface area (Å²) in [6.07, 6.45) is 1.85. The molecule has 2 aromatic carbocycles. The molecule has 4 rings (SSSR count). The molecule has 0 aliphatic rings. The number of nitrogens with one attached hydrogen (secondary N) is 1. The lowest BCUT2D eigenvalue weighted by atomic mass is 10.1. The molecule has 3 N–H and O–H groups in total. The van der Waals surface area contributed by atoms with Gasteiger partial charge in [0.25, 0.3) is 5.89 Å². The van der Waals surface area contributed by atoms with Crippen molar-refractivity contribution >= 4 is 35.0 Å². The summed E-state index contributed by atoms with van der Waals surface area (Å²) >= 11 is 1.36. The van der Waals surface area contributed by atoms with Crippen molar-refractivity contribution < 1.29 is 14.1 Å². The van der Waals surface area contributed by atoms with Gasteiger partial charge in [0.15, 0.2) is 5.78 Å². The quantitative estimate of drug-likeness (QED) is 0.311. The van der Waals surface area contributed by atoms with Gasteiger partial charge in [-0.05, 0) is 32.2 Å². The number of hydrogen-bond donors (Lipinski definition) is 2. The van der Waals surface area contributed by atoms with Gasteiger partial charge in [-0.25, -0.2) is 4.68 Å². The maximum atomic E-state index is 12.6. The molecule has 9 nitrogen and oxygen atoms in total. The number of Topliss-reactive ketones (excluding diaryl/α,β-unsaturated/α-hetero) is 1. The van der Waals surface area contributed by atoms with Crippen LogP contribution in [-0.4, -0.2) is 37.9 Å². The number of nitrogen functional groups attached to an aromatic ring is 1. The van der Waals surface area contributed by atoms with Crippen LogP contribution in [0.3, 0.4) is 0 Å². The van der Waals surface area contributed by atoms with Crippen LogP contribution in [0.4, 0.5) is 11.5 Å². The molecule has 0 spiro atoms. The maximum absolute atomic E-state index is 12.6. The Labute approximate surface area is 194 Å². The number of anilines is 2. The number of amides is 1. The highest BCUT2D eigenvalue weighted by Gasteiger charge is 2.24. The maximum Gasteiger partial charge on any atom is 0.264 e. The van der Waals surface area contributed by atoms with Crippen molar-refractivity contribution in [2.24, 2.45) is 0 Å². The van der Waals surface area contributed by atoms with Gasteiger partial charge in [0.2, 0.25) is 11.7 Å². The predicted octanol–water partition coefficient (Wildman–Crippen LogP) is 4.05. The summed E-state index contributed by atoms with van der Waals surface area (Å²) in [5.41, 5.74) is 9.78. The van der Waals surface area contributed by atoms with Crippen LogP contribution in [-0.2, 0) is 11.3 Å². The van der Waals surface area contributed by atoms with E-state index in [4.69, 9.17) is 10.3 Å². The Bertz CT molecular complexity index is 1330. The number of benzene rings is 2. The highest BCUT2D eigenvalue weighted by Crippen LogP contribution is 2.34. The number of carbonyl (C=O) groups is 2. The molecule has 0 fully saturated rings. The van der Waals surface area contributed by atoms with Crippen molar-refractivity contribution in [1.29, 1.82) is 0 Å². The van der Waals surface area contributed by atoms with Gasteiger partial charge in [-0.1, -0.05) is 47.1 Å². The molecule has 0 atom stereocenters. The lowest BCUT2D eigenvalue weighted by Crippen LogP contribution is -2.20. The zero-order valence-corrected chi connectivity index (χ0v) is 19.1. The van der Waals surface area contributed by atoms with Crippen LogP contribution in [0.25, 0.3) is 22.8 Å². The fourth-order valence-corrected chi connectivity index (χ4v) is 3.79. The molecule has 0 aliphatic heterocycles. The number of carbonyl (C=O) groups excluding carboxylic acids is 2. The van der Waals surface area contributed by atoms with Gasteiger partial charge in [-0.15, -0.1) is 11.8 Å². The summed E-state index contributed by atoms with van der Waals surface area (Å²) < 4.78 is 6.86. The molecule has 4 aromatic rings. The summed E-state index contributed by atoms with van der Waals surface area (Å²) in [5, 5.41) is 11.8. The molecule has 2 aromatic heterocycles. The minimum atomic E-state index is -0.338. The molecule has 1 amide bonds. The summed E-state index contributed by atoms with van der Waals surface area (Å²) in [6, 6.07) is 14.5. The van der Waals surface area contributed by atoms with Crippen LogP contribution in [0.1, 0.15) is 22.8 Å². The molecule has 2 heterocycles. The number of nitrogens with zero attached hydrogens (tertiary/aromatic N) is 4. The average Bonchev–Trinajstić information content (AvgIpc) is 3.39. The summed E-state index contributed by atoms with van der Waals surface area (Å²) in [5.74, 6) is 0.489. The number of rotatable bonds is 7. The molecule has 0 saturated heterocycles. The van der Waals surface area contributed by atoms with Crippen molar-refractivity contribution in [2.75, 3.05) is 17.3 Å². The standard InChI is InChI=1S/C23H22N6O3S/c1-13-7-9-15(10-8-13)21-26-22(32-28-21)19-20(24)29(27-23(19)33-3)12-18(31)25-17-6-4-5-16(11-17)14(2)30/h4-11H,12,24H2,1-3H3,(H,25,31). The lowest BCUT2D eigenvalue weighted by molar-refractivity contribution is -0.116. The average molecular weight is 463 g/mol. The van der Waals surface area contributed by atoms with Crippen LogP contribution in [0.15, 0.2) is 58.1 Å². The highest BCUT2D eigenvalue weighted by atomic mass is 32.2.